The normalized spacial score (nSPS) is 16.7. The molecule has 1 fully saturated rings. The van der Waals surface area contributed by atoms with Crippen LogP contribution >= 0.6 is 0 Å². The molecule has 0 amide bonds. The molecule has 0 unspecified atom stereocenters. The molecular formula is C28H34F4N4. The fraction of sp³-hybridized carbons (Fsp3) is 0.357. The lowest BCUT2D eigenvalue weighted by Gasteiger charge is -2.27. The number of nitrogens with zero attached hydrogens (tertiary/aromatic N) is 2. The van der Waals surface area contributed by atoms with E-state index in [1.54, 1.807) is 12.1 Å². The van der Waals surface area contributed by atoms with E-state index in [0.717, 1.165) is 42.1 Å². The van der Waals surface area contributed by atoms with Crippen LogP contribution in [0.25, 0.3) is 5.70 Å². The lowest BCUT2D eigenvalue weighted by molar-refractivity contribution is -0.137. The first-order chi connectivity index (χ1) is 16.9. The molecule has 0 aromatic heterocycles. The Labute approximate surface area is 211 Å². The predicted molar refractivity (Wildman–Crippen MR) is 139 cm³/mol. The van der Waals surface area contributed by atoms with Crippen LogP contribution in [-0.4, -0.2) is 43.5 Å². The van der Waals surface area contributed by atoms with Gasteiger partial charge in [-0.05, 0) is 67.8 Å². The number of anilines is 1. The summed E-state index contributed by atoms with van der Waals surface area (Å²) in [5.74, 6) is 0.534. The summed E-state index contributed by atoms with van der Waals surface area (Å²) in [6.45, 7) is 9.22. The third kappa shape index (κ3) is 7.06. The molecule has 3 rings (SSSR count). The number of allylic oxidation sites excluding steroid dienone is 2. The van der Waals surface area contributed by atoms with Crippen molar-refractivity contribution >= 4 is 11.4 Å². The van der Waals surface area contributed by atoms with Gasteiger partial charge in [-0.15, -0.1) is 0 Å². The topological polar surface area (TPSA) is 30.5 Å². The summed E-state index contributed by atoms with van der Waals surface area (Å²) in [5.41, 5.74) is 1.53. The van der Waals surface area contributed by atoms with Gasteiger partial charge in [-0.25, -0.2) is 4.39 Å². The Kier molecular flexibility index (Phi) is 8.38. The van der Waals surface area contributed by atoms with Gasteiger partial charge < -0.3 is 20.4 Å². The molecule has 194 valence electrons. The van der Waals surface area contributed by atoms with Gasteiger partial charge in [-0.2, -0.15) is 13.2 Å². The zero-order valence-electron chi connectivity index (χ0n) is 21.2. The van der Waals surface area contributed by atoms with Crippen molar-refractivity contribution in [2.45, 2.75) is 32.1 Å². The van der Waals surface area contributed by atoms with Crippen molar-refractivity contribution in [1.29, 1.82) is 0 Å². The van der Waals surface area contributed by atoms with Crippen LogP contribution in [0.5, 0.6) is 0 Å². The number of likely N-dealkylation sites (N-methyl/N-ethyl adjacent to an activating group) is 1. The SMILES string of the molecule is C=C(Nc1cccc(C(F)(F)F)c1)N1CCCN(C)/C(=C/C=C(\NC)c2cccc(C(C)(C)F)c2)C1. The van der Waals surface area contributed by atoms with Crippen molar-refractivity contribution in [2.24, 2.45) is 0 Å². The van der Waals surface area contributed by atoms with Gasteiger partial charge in [0.2, 0.25) is 0 Å². The van der Waals surface area contributed by atoms with Crippen LogP contribution in [0.4, 0.5) is 23.2 Å². The summed E-state index contributed by atoms with van der Waals surface area (Å²) in [7, 11) is 3.83. The van der Waals surface area contributed by atoms with Gasteiger partial charge in [0.15, 0.2) is 0 Å². The van der Waals surface area contributed by atoms with Crippen LogP contribution in [0.2, 0.25) is 0 Å². The van der Waals surface area contributed by atoms with Crippen molar-refractivity contribution in [3.05, 3.63) is 95.5 Å². The van der Waals surface area contributed by atoms with E-state index in [1.807, 2.05) is 49.3 Å². The summed E-state index contributed by atoms with van der Waals surface area (Å²) in [4.78, 5) is 4.18. The molecule has 0 spiro atoms. The maximum atomic E-state index is 14.5. The molecule has 0 atom stereocenters. The molecule has 36 heavy (non-hydrogen) atoms. The molecule has 8 heteroatoms. The Bertz CT molecular complexity index is 1130. The molecule has 1 aliphatic rings. The number of hydrogen-bond acceptors (Lipinski definition) is 4. The fourth-order valence-corrected chi connectivity index (χ4v) is 4.03. The van der Waals surface area contributed by atoms with Crippen LogP contribution < -0.4 is 10.6 Å². The second-order valence-corrected chi connectivity index (χ2v) is 9.39. The minimum absolute atomic E-state index is 0.339. The van der Waals surface area contributed by atoms with Gasteiger partial charge in [-0.1, -0.05) is 30.8 Å². The molecule has 1 heterocycles. The van der Waals surface area contributed by atoms with Crippen LogP contribution in [0.3, 0.4) is 0 Å². The number of alkyl halides is 4. The van der Waals surface area contributed by atoms with E-state index in [1.165, 1.54) is 19.9 Å². The molecule has 1 saturated heterocycles. The second-order valence-electron chi connectivity index (χ2n) is 9.39. The predicted octanol–water partition coefficient (Wildman–Crippen LogP) is 6.58. The number of nitrogens with one attached hydrogen (secondary N) is 2. The van der Waals surface area contributed by atoms with Crippen molar-refractivity contribution in [3.8, 4) is 0 Å². The van der Waals surface area contributed by atoms with Crippen molar-refractivity contribution < 1.29 is 17.6 Å². The highest BCUT2D eigenvalue weighted by Gasteiger charge is 2.30. The van der Waals surface area contributed by atoms with Gasteiger partial charge in [0.1, 0.15) is 5.67 Å². The van der Waals surface area contributed by atoms with Crippen LogP contribution in [0.15, 0.2) is 78.8 Å². The van der Waals surface area contributed by atoms with Crippen LogP contribution in [-0.2, 0) is 11.8 Å². The van der Waals surface area contributed by atoms with Crippen molar-refractivity contribution in [3.63, 3.8) is 0 Å². The van der Waals surface area contributed by atoms with Gasteiger partial charge >= 0.3 is 6.18 Å². The molecule has 0 bridgehead atoms. The first-order valence-corrected chi connectivity index (χ1v) is 11.9. The molecule has 0 saturated carbocycles. The fourth-order valence-electron chi connectivity index (χ4n) is 4.03. The molecule has 0 aliphatic carbocycles. The highest BCUT2D eigenvalue weighted by molar-refractivity contribution is 5.66. The Hall–Kier alpha value is -3.42. The van der Waals surface area contributed by atoms with Gasteiger partial charge in [0, 0.05) is 44.3 Å². The van der Waals surface area contributed by atoms with Gasteiger partial charge in [0.25, 0.3) is 0 Å². The molecule has 2 N–H and O–H groups in total. The average molecular weight is 503 g/mol. The number of benzene rings is 2. The monoisotopic (exact) mass is 502 g/mol. The maximum Gasteiger partial charge on any atom is 0.416 e. The summed E-state index contributed by atoms with van der Waals surface area (Å²) >= 11 is 0. The third-order valence-corrected chi connectivity index (χ3v) is 6.20. The van der Waals surface area contributed by atoms with Gasteiger partial charge in [0.05, 0.1) is 17.9 Å². The summed E-state index contributed by atoms with van der Waals surface area (Å²) in [6.07, 6.45) is 0.433. The lowest BCUT2D eigenvalue weighted by Crippen LogP contribution is -2.29. The number of rotatable bonds is 7. The van der Waals surface area contributed by atoms with Gasteiger partial charge in [-0.3, -0.25) is 0 Å². The van der Waals surface area contributed by atoms with E-state index >= 15 is 0 Å². The standard InChI is InChI=1S/C28H34F4N4/c1-20(34-24-12-7-11-23(18-24)28(30,31)32)36-16-8-15-35(5)25(19-36)13-14-26(33-4)21-9-6-10-22(17-21)27(2,3)29/h6-7,9-14,17-18,33-34H,1,8,15-16,19H2,2-5H3/b25-13+,26-14-. The first-order valence-electron chi connectivity index (χ1n) is 11.9. The molecule has 2 aromatic carbocycles. The van der Waals surface area contributed by atoms with E-state index in [2.05, 4.69) is 22.1 Å². The summed E-state index contributed by atoms with van der Waals surface area (Å²) < 4.78 is 53.7. The minimum atomic E-state index is -4.41. The van der Waals surface area contributed by atoms with Crippen LogP contribution in [0.1, 0.15) is 37.0 Å². The van der Waals surface area contributed by atoms with E-state index in [9.17, 15) is 17.6 Å². The van der Waals surface area contributed by atoms with Crippen molar-refractivity contribution in [1.82, 2.24) is 15.1 Å². The van der Waals surface area contributed by atoms with Crippen molar-refractivity contribution in [2.75, 3.05) is 39.0 Å². The van der Waals surface area contributed by atoms with E-state index in [-0.39, 0.29) is 0 Å². The molecule has 0 radical (unpaired) electrons. The second kappa shape index (κ2) is 11.1. The van der Waals surface area contributed by atoms with E-state index in [4.69, 9.17) is 0 Å². The summed E-state index contributed by atoms with van der Waals surface area (Å²) in [6, 6.07) is 12.5. The molecule has 4 nitrogen and oxygen atoms in total. The Balaban J connectivity index is 1.81. The first kappa shape index (κ1) is 27.2. The Morgan fingerprint density at radius 2 is 1.69 bits per heavy atom. The Morgan fingerprint density at radius 1 is 1.00 bits per heavy atom. The molecular weight excluding hydrogens is 468 g/mol. The highest BCUT2D eigenvalue weighted by atomic mass is 19.4. The number of halogens is 4. The molecule has 1 aliphatic heterocycles. The highest BCUT2D eigenvalue weighted by Crippen LogP contribution is 2.31. The molecule has 2 aromatic rings. The lowest BCUT2D eigenvalue weighted by atomic mass is 9.97. The van der Waals surface area contributed by atoms with E-state index in [0.29, 0.717) is 30.2 Å². The minimum Gasteiger partial charge on any atom is -0.388 e. The van der Waals surface area contributed by atoms with Crippen LogP contribution in [0, 0.1) is 0 Å². The average Bonchev–Trinajstić information content (AvgIpc) is 3.00. The zero-order chi connectivity index (χ0) is 26.5. The smallest absolute Gasteiger partial charge is 0.388 e. The maximum absolute atomic E-state index is 14.5. The third-order valence-electron chi connectivity index (χ3n) is 6.20. The quantitative estimate of drug-likeness (QED) is 0.419. The Morgan fingerprint density at radius 3 is 2.36 bits per heavy atom. The largest absolute Gasteiger partial charge is 0.416 e. The number of hydrogen-bond donors (Lipinski definition) is 2. The zero-order valence-corrected chi connectivity index (χ0v) is 21.2. The van der Waals surface area contributed by atoms with E-state index < -0.39 is 17.4 Å². The summed E-state index contributed by atoms with van der Waals surface area (Å²) in [5, 5.41) is 6.22.